The van der Waals surface area contributed by atoms with Crippen LogP contribution in [0.5, 0.6) is 0 Å². The highest BCUT2D eigenvalue weighted by molar-refractivity contribution is 7.98. The summed E-state index contributed by atoms with van der Waals surface area (Å²) >= 11 is 1.55. The van der Waals surface area contributed by atoms with Crippen molar-refractivity contribution < 1.29 is 39.6 Å². The number of carboxylic acids is 3. The van der Waals surface area contributed by atoms with Gasteiger partial charge in [-0.1, -0.05) is 0 Å². The number of aliphatic hydroxyl groups excluding tert-OH is 1. The molecule has 0 heterocycles. The summed E-state index contributed by atoms with van der Waals surface area (Å²) in [5, 5.41) is 34.5. The molecule has 142 valence electrons. The molecule has 0 saturated carbocycles. The predicted octanol–water partition coefficient (Wildman–Crippen LogP) is -2.25. The smallest absolute Gasteiger partial charge is 0.326 e. The fourth-order valence-corrected chi connectivity index (χ4v) is 1.15. The molecule has 11 nitrogen and oxygen atoms in total. The highest BCUT2D eigenvalue weighted by Crippen LogP contribution is 1.99. The molecule has 9 N–H and O–H groups in total. The van der Waals surface area contributed by atoms with E-state index in [1.807, 2.05) is 6.26 Å². The third-order valence-electron chi connectivity index (χ3n) is 2.08. The van der Waals surface area contributed by atoms with Gasteiger partial charge in [0.05, 0.1) is 6.61 Å². The highest BCUT2D eigenvalue weighted by Gasteiger charge is 2.14. The Bertz CT molecular complexity index is 381. The van der Waals surface area contributed by atoms with Crippen LogP contribution >= 0.6 is 11.8 Å². The maximum Gasteiger partial charge on any atom is 0.326 e. The van der Waals surface area contributed by atoms with E-state index in [9.17, 15) is 19.2 Å². The number of hydrogen-bond donors (Lipinski definition) is 7. The lowest BCUT2D eigenvalue weighted by atomic mass is 10.2. The molecule has 12 heteroatoms. The van der Waals surface area contributed by atoms with Gasteiger partial charge in [-0.15, -0.1) is 0 Å². The Hall–Kier alpha value is -1.89. The topological polar surface area (TPSA) is 213 Å². The minimum absolute atomic E-state index is 0.416. The van der Waals surface area contributed by atoms with E-state index >= 15 is 0 Å². The Morgan fingerprint density at radius 1 is 1.12 bits per heavy atom. The maximum atomic E-state index is 10.4. The van der Waals surface area contributed by atoms with Gasteiger partial charge in [0.1, 0.15) is 18.1 Å². The van der Waals surface area contributed by atoms with Crippen LogP contribution in [-0.4, -0.2) is 81.5 Å². The number of nitrogens with two attached hydrogens (primary N) is 2. The summed E-state index contributed by atoms with van der Waals surface area (Å²) in [7, 11) is 0. The summed E-state index contributed by atoms with van der Waals surface area (Å²) in [5.74, 6) is -2.39. The van der Waals surface area contributed by atoms with Gasteiger partial charge < -0.3 is 37.2 Å². The average Bonchev–Trinajstić information content (AvgIpc) is 2.51. The predicted molar refractivity (Wildman–Crippen MR) is 87.6 cm³/mol. The first-order valence-electron chi connectivity index (χ1n) is 6.54. The van der Waals surface area contributed by atoms with Crippen molar-refractivity contribution in [3.63, 3.8) is 0 Å². The Balaban J connectivity index is -0.000000294. The van der Waals surface area contributed by atoms with Gasteiger partial charge >= 0.3 is 17.9 Å². The van der Waals surface area contributed by atoms with Gasteiger partial charge in [-0.3, -0.25) is 14.4 Å². The third kappa shape index (κ3) is 20.1. The zero-order valence-electron chi connectivity index (χ0n) is 13.4. The second-order valence-corrected chi connectivity index (χ2v) is 5.20. The fourth-order valence-electron chi connectivity index (χ4n) is 0.674. The van der Waals surface area contributed by atoms with Gasteiger partial charge in [0, 0.05) is 0 Å². The van der Waals surface area contributed by atoms with Crippen molar-refractivity contribution in [3.8, 4) is 0 Å². The molecule has 0 spiro atoms. The first-order valence-corrected chi connectivity index (χ1v) is 7.93. The molecule has 1 amide bonds. The van der Waals surface area contributed by atoms with Crippen LogP contribution in [0, 0.1) is 0 Å². The van der Waals surface area contributed by atoms with Gasteiger partial charge in [0.25, 0.3) is 0 Å². The van der Waals surface area contributed by atoms with Crippen LogP contribution in [0.1, 0.15) is 13.3 Å². The molecule has 0 bridgehead atoms. The number of thioether (sulfide) groups is 1. The van der Waals surface area contributed by atoms with Crippen molar-refractivity contribution in [2.75, 3.05) is 18.6 Å². The number of nitrogens with one attached hydrogen (secondary N) is 1. The fraction of sp³-hybridized carbons (Fsp3) is 0.667. The van der Waals surface area contributed by atoms with Crippen molar-refractivity contribution in [1.82, 2.24) is 5.32 Å². The summed E-state index contributed by atoms with van der Waals surface area (Å²) in [6, 6.07) is -2.59. The molecule has 0 aliphatic heterocycles. The van der Waals surface area contributed by atoms with Gasteiger partial charge in [-0.25, -0.2) is 4.79 Å². The van der Waals surface area contributed by atoms with E-state index in [1.165, 1.54) is 6.92 Å². The molecule has 0 aromatic rings. The van der Waals surface area contributed by atoms with Gasteiger partial charge in [-0.05, 0) is 25.4 Å². The molecular weight excluding hydrogens is 346 g/mol. The molecule has 24 heavy (non-hydrogen) atoms. The Morgan fingerprint density at radius 3 is 1.75 bits per heavy atom. The number of hydrogen-bond acceptors (Lipinski definition) is 8. The van der Waals surface area contributed by atoms with E-state index in [0.717, 1.165) is 5.75 Å². The van der Waals surface area contributed by atoms with Crippen LogP contribution in [0.4, 0.5) is 0 Å². The SMILES string of the molecule is CSCC[C@H](NC=O)C(=O)O.C[C@H](N)C(=O)O.N[C@@H](CO)C(=O)O. The number of aliphatic carboxylic acids is 3. The van der Waals surface area contributed by atoms with E-state index < -0.39 is 42.6 Å². The Labute approximate surface area is 143 Å². The quantitative estimate of drug-likeness (QED) is 0.215. The number of rotatable bonds is 9. The molecule has 0 aromatic carbocycles. The van der Waals surface area contributed by atoms with Crippen molar-refractivity contribution in [3.05, 3.63) is 0 Å². The second-order valence-electron chi connectivity index (χ2n) is 4.21. The maximum absolute atomic E-state index is 10.4. The van der Waals surface area contributed by atoms with Crippen LogP contribution < -0.4 is 16.8 Å². The summed E-state index contributed by atoms with van der Waals surface area (Å²) in [5.41, 5.74) is 9.60. The van der Waals surface area contributed by atoms with Gasteiger partial charge in [0.15, 0.2) is 0 Å². The third-order valence-corrected chi connectivity index (χ3v) is 2.73. The van der Waals surface area contributed by atoms with E-state index in [0.29, 0.717) is 12.8 Å². The van der Waals surface area contributed by atoms with Crippen LogP contribution in [0.15, 0.2) is 0 Å². The minimum atomic E-state index is -1.18. The highest BCUT2D eigenvalue weighted by atomic mass is 32.2. The molecule has 0 fully saturated rings. The first kappa shape index (κ1) is 27.0. The monoisotopic (exact) mass is 371 g/mol. The van der Waals surface area contributed by atoms with Crippen LogP contribution in [0.25, 0.3) is 0 Å². The molecule has 0 aliphatic rings. The standard InChI is InChI=1S/C6H11NO3S.C3H7NO3.C3H7NO2/c1-11-3-2-5(6(9)10)7-4-8;4-2(1-5)3(6)7;1-2(4)3(5)6/h4-5H,2-3H2,1H3,(H,7,8)(H,9,10);2,5H,1,4H2,(H,6,7);2H,4H2,1H3,(H,5,6)/t5-;2*2-/m000/s1. The molecule has 0 rings (SSSR count). The van der Waals surface area contributed by atoms with Gasteiger partial charge in [-0.2, -0.15) is 11.8 Å². The number of aliphatic hydroxyl groups is 1. The average molecular weight is 371 g/mol. The van der Waals surface area contributed by atoms with E-state index in [4.69, 9.17) is 31.9 Å². The lowest BCUT2D eigenvalue weighted by Gasteiger charge is -2.08. The first-order chi connectivity index (χ1) is 11.0. The molecule has 0 unspecified atom stereocenters. The number of carbonyl (C=O) groups is 4. The van der Waals surface area contributed by atoms with Crippen LogP contribution in [0.3, 0.4) is 0 Å². The van der Waals surface area contributed by atoms with E-state index in [1.54, 1.807) is 11.8 Å². The molecular formula is C12H25N3O8S. The summed E-state index contributed by atoms with van der Waals surface area (Å²) in [6.45, 7) is 0.914. The van der Waals surface area contributed by atoms with Crippen molar-refractivity contribution in [2.45, 2.75) is 31.5 Å². The normalized spacial score (nSPS) is 12.9. The van der Waals surface area contributed by atoms with Crippen molar-refractivity contribution in [1.29, 1.82) is 0 Å². The number of amides is 1. The van der Waals surface area contributed by atoms with E-state index in [2.05, 4.69) is 5.32 Å². The number of carboxylic acid groups (broad SMARTS) is 3. The molecule has 0 radical (unpaired) electrons. The van der Waals surface area contributed by atoms with Crippen LogP contribution in [0.2, 0.25) is 0 Å². The Morgan fingerprint density at radius 2 is 1.58 bits per heavy atom. The van der Waals surface area contributed by atoms with Crippen LogP contribution in [-0.2, 0) is 19.2 Å². The molecule has 0 saturated heterocycles. The van der Waals surface area contributed by atoms with Crippen molar-refractivity contribution in [2.24, 2.45) is 11.5 Å². The lowest BCUT2D eigenvalue weighted by Crippen LogP contribution is -2.36. The molecule has 0 aromatic heterocycles. The largest absolute Gasteiger partial charge is 0.480 e. The lowest BCUT2D eigenvalue weighted by molar-refractivity contribution is -0.141. The number of carbonyl (C=O) groups excluding carboxylic acids is 1. The zero-order chi connectivity index (χ0) is 19.7. The van der Waals surface area contributed by atoms with Crippen molar-refractivity contribution >= 4 is 36.1 Å². The van der Waals surface area contributed by atoms with Gasteiger partial charge in [0.2, 0.25) is 6.41 Å². The van der Waals surface area contributed by atoms with E-state index in [-0.39, 0.29) is 0 Å². The summed E-state index contributed by atoms with van der Waals surface area (Å²) in [6.07, 6.45) is 2.77. The summed E-state index contributed by atoms with van der Waals surface area (Å²) < 4.78 is 0. The zero-order valence-corrected chi connectivity index (χ0v) is 14.2. The minimum Gasteiger partial charge on any atom is -0.480 e. The Kier molecular flexibility index (Phi) is 19.6. The molecule has 3 atom stereocenters. The summed E-state index contributed by atoms with van der Waals surface area (Å²) in [4.78, 5) is 39.5. The molecule has 0 aliphatic carbocycles. The second kappa shape index (κ2) is 17.5.